The van der Waals surface area contributed by atoms with E-state index in [9.17, 15) is 29.3 Å². The van der Waals surface area contributed by atoms with Gasteiger partial charge in [0, 0.05) is 177 Å². The molecule has 3 heterocycles. The van der Waals surface area contributed by atoms with Crippen molar-refractivity contribution in [2.75, 3.05) is 70.7 Å². The van der Waals surface area contributed by atoms with Gasteiger partial charge in [0.2, 0.25) is 0 Å². The van der Waals surface area contributed by atoms with Gasteiger partial charge in [0.05, 0.1) is 4.92 Å². The first-order chi connectivity index (χ1) is 44.3. The summed E-state index contributed by atoms with van der Waals surface area (Å²) >= 11 is 11.5. The fourth-order valence-electron chi connectivity index (χ4n) is 12.7. The Kier molecular flexibility index (Phi) is 25.0. The van der Waals surface area contributed by atoms with E-state index >= 15 is 0 Å². The Morgan fingerprint density at radius 2 is 0.804 bits per heavy atom. The lowest BCUT2D eigenvalue weighted by Gasteiger charge is -2.19. The van der Waals surface area contributed by atoms with Gasteiger partial charge < -0.3 is 28.4 Å². The molecule has 0 unspecified atom stereocenters. The Morgan fingerprint density at radius 1 is 0.478 bits per heavy atom. The molecule has 0 bridgehead atoms. The highest BCUT2D eigenvalue weighted by Gasteiger charge is 2.30. The number of carbonyl (C=O) groups excluding carboxylic acids is 4. The van der Waals surface area contributed by atoms with Crippen LogP contribution in [-0.4, -0.2) is 145 Å². The zero-order valence-corrected chi connectivity index (χ0v) is 55.7. The molecule has 0 spiro atoms. The number of likely N-dealkylation sites (N-methyl/N-ethyl adjacent to an activating group) is 3. The molecule has 3 aromatic heterocycles. The van der Waals surface area contributed by atoms with Gasteiger partial charge in [-0.2, -0.15) is 8.42 Å². The fraction of sp³-hybridized carbons (Fsp3) is 0.361. The van der Waals surface area contributed by atoms with E-state index in [0.29, 0.717) is 48.6 Å². The van der Waals surface area contributed by atoms with E-state index in [-0.39, 0.29) is 28.8 Å². The van der Waals surface area contributed by atoms with Crippen LogP contribution >= 0.6 is 23.2 Å². The number of nitro groups is 1. The molecule has 17 nitrogen and oxygen atoms in total. The SMILES string of the molecule is CCN(CC)CCn1c2ccc(C(=O)CCCl)cc2c2cc(C(=O)CCCl)ccc21.CCN(CC)CCn1c2ccc3c(c2c2c4c(ccc21)C(=O)CC4)CCC3=O.CCN(CC)CCn1c2ccccc2c2ccccc21.O=S(=O)(O)O.O=[N+]([O-])c1ccccc1. The van der Waals surface area contributed by atoms with Gasteiger partial charge in [-0.15, -0.1) is 23.2 Å². The van der Waals surface area contributed by atoms with E-state index < -0.39 is 15.3 Å². The van der Waals surface area contributed by atoms with Gasteiger partial charge in [-0.25, -0.2) is 0 Å². The van der Waals surface area contributed by atoms with Gasteiger partial charge in [0.15, 0.2) is 23.1 Å². The second-order valence-corrected chi connectivity index (χ2v) is 24.3. The molecule has 0 radical (unpaired) electrons. The molecule has 0 atom stereocenters. The lowest BCUT2D eigenvalue weighted by Crippen LogP contribution is -2.26. The Labute approximate surface area is 548 Å². The molecule has 7 aromatic carbocycles. The van der Waals surface area contributed by atoms with Gasteiger partial charge in [-0.1, -0.05) is 96.1 Å². The topological polar surface area (TPSA) is 211 Å². The number of non-ortho nitro benzene ring substituents is 1. The van der Waals surface area contributed by atoms with Gasteiger partial charge >= 0.3 is 10.4 Å². The number of hydrogen-bond donors (Lipinski definition) is 2. The standard InChI is InChI=1S/C24H28Cl2N2O2.C24H26N2O2.C18H22N2.C6H5NO2.H2O4S/c1-3-27(4-2)13-14-28-21-7-5-17(23(29)9-11-25)15-19(21)20-16-18(6-8-22(20)28)24(30)10-12-26;1-3-25(4-2)13-14-26-19-9-5-15-17(7-11-21(15)27)23(19)24-18-8-12-22(28)16(18)6-10-20(24)26;1-3-19(4-2)13-14-20-17-11-7-5-9-15(17)16-10-6-8-12-18(16)20;8-7(9)6-4-2-1-3-5-6;1-5(2,3)4/h5-8,15-16H,3-4,9-14H2,1-2H3;5-6,9-10H,3-4,7-8,11-14H2,1-2H3;5-12H,3-4,13-14H2,1-2H3;1-5H;(H2,1,2,3,4). The number of aromatic nitrogens is 3. The molecule has 486 valence electrons. The molecule has 12 rings (SSSR count). The minimum Gasteiger partial charge on any atom is -0.339 e. The summed E-state index contributed by atoms with van der Waals surface area (Å²) in [6.45, 7) is 25.4. The van der Waals surface area contributed by atoms with Crippen LogP contribution in [0.25, 0.3) is 65.4 Å². The van der Waals surface area contributed by atoms with Gasteiger partial charge in [-0.3, -0.25) is 38.4 Å². The first-order valence-electron chi connectivity index (χ1n) is 31.8. The Bertz CT molecular complexity index is 4160. The van der Waals surface area contributed by atoms with Crippen molar-refractivity contribution in [2.24, 2.45) is 0 Å². The number of fused-ring (bicyclic) bond motifs is 13. The van der Waals surface area contributed by atoms with E-state index in [2.05, 4.69) is 131 Å². The molecule has 92 heavy (non-hydrogen) atoms. The Balaban J connectivity index is 0.000000162. The monoisotopic (exact) mass is 1310 g/mol. The van der Waals surface area contributed by atoms with Crippen LogP contribution in [0.2, 0.25) is 0 Å². The molecule has 20 heteroatoms. The van der Waals surface area contributed by atoms with Gasteiger partial charge in [0.1, 0.15) is 0 Å². The number of ketones is 4. The maximum absolute atomic E-state index is 12.4. The van der Waals surface area contributed by atoms with E-state index in [4.69, 9.17) is 40.7 Å². The van der Waals surface area contributed by atoms with Crippen LogP contribution in [0, 0.1) is 10.1 Å². The van der Waals surface area contributed by atoms with Crippen molar-refractivity contribution in [3.63, 3.8) is 0 Å². The summed E-state index contributed by atoms with van der Waals surface area (Å²) in [5.41, 5.74) is 12.9. The van der Waals surface area contributed by atoms with Gasteiger partial charge in [-0.05, 0) is 136 Å². The number of nitro benzene ring substituents is 1. The molecule has 2 aliphatic carbocycles. The minimum absolute atomic E-state index is 0.0327. The van der Waals surface area contributed by atoms with Crippen molar-refractivity contribution in [1.29, 1.82) is 0 Å². The van der Waals surface area contributed by atoms with Crippen LogP contribution < -0.4 is 0 Å². The number of para-hydroxylation sites is 3. The quantitative estimate of drug-likeness (QED) is 0.0213. The third-order valence-electron chi connectivity index (χ3n) is 17.6. The first-order valence-corrected chi connectivity index (χ1v) is 34.2. The average Bonchev–Trinajstić information content (AvgIpc) is 1.58. The second kappa shape index (κ2) is 32.8. The summed E-state index contributed by atoms with van der Waals surface area (Å²) in [6, 6.07) is 45.3. The van der Waals surface area contributed by atoms with Crippen molar-refractivity contribution in [2.45, 2.75) is 99.7 Å². The van der Waals surface area contributed by atoms with Crippen molar-refractivity contribution in [1.82, 2.24) is 28.4 Å². The van der Waals surface area contributed by atoms with E-state index in [1.807, 2.05) is 48.5 Å². The van der Waals surface area contributed by atoms with Crippen LogP contribution in [0.1, 0.15) is 120 Å². The zero-order chi connectivity index (χ0) is 66.2. The summed E-state index contributed by atoms with van der Waals surface area (Å²) in [7, 11) is -4.67. The molecule has 0 saturated heterocycles. The molecule has 2 N–H and O–H groups in total. The maximum Gasteiger partial charge on any atom is 0.394 e. The zero-order valence-electron chi connectivity index (χ0n) is 53.4. The normalized spacial score (nSPS) is 12.7. The summed E-state index contributed by atoms with van der Waals surface area (Å²) in [5.74, 6) is 1.18. The Morgan fingerprint density at radius 3 is 1.14 bits per heavy atom. The lowest BCUT2D eigenvalue weighted by molar-refractivity contribution is -0.384. The largest absolute Gasteiger partial charge is 0.394 e. The van der Waals surface area contributed by atoms with Crippen LogP contribution in [-0.2, 0) is 42.9 Å². The highest BCUT2D eigenvalue weighted by molar-refractivity contribution is 7.79. The van der Waals surface area contributed by atoms with E-state index in [1.165, 1.54) is 66.9 Å². The smallest absolute Gasteiger partial charge is 0.339 e. The van der Waals surface area contributed by atoms with Crippen molar-refractivity contribution < 1.29 is 41.6 Å². The molecule has 0 aliphatic heterocycles. The van der Waals surface area contributed by atoms with Gasteiger partial charge in [0.25, 0.3) is 5.69 Å². The summed E-state index contributed by atoms with van der Waals surface area (Å²) in [6.07, 6.45) is 3.47. The number of nitrogens with zero attached hydrogens (tertiary/aromatic N) is 7. The summed E-state index contributed by atoms with van der Waals surface area (Å²) in [4.78, 5) is 66.4. The third kappa shape index (κ3) is 16.6. The van der Waals surface area contributed by atoms with Crippen LogP contribution in [0.3, 0.4) is 0 Å². The van der Waals surface area contributed by atoms with Crippen molar-refractivity contribution in [3.05, 3.63) is 183 Å². The Hall–Kier alpha value is -7.65. The number of aryl methyl sites for hydroxylation is 2. The minimum atomic E-state index is -4.67. The van der Waals surface area contributed by atoms with Crippen LogP contribution in [0.5, 0.6) is 0 Å². The molecular weight excluding hydrogens is 1230 g/mol. The number of Topliss-reactive ketones (excluding diaryl/α,β-unsaturated/α-hetero) is 4. The van der Waals surface area contributed by atoms with E-state index in [0.717, 1.165) is 124 Å². The maximum atomic E-state index is 12.4. The fourth-order valence-corrected chi connectivity index (χ4v) is 13.1. The number of alkyl halides is 2. The second-order valence-electron chi connectivity index (χ2n) is 22.6. The first kappa shape index (κ1) is 70.2. The molecule has 2 aliphatic rings. The predicted octanol–water partition coefficient (Wildman–Crippen LogP) is 15.2. The molecule has 0 saturated carbocycles. The number of benzene rings is 7. The lowest BCUT2D eigenvalue weighted by atomic mass is 9.98. The number of hydrogen-bond acceptors (Lipinski definition) is 11. The number of carbonyl (C=O) groups is 4. The molecular formula is C72H83Cl2N7O10S. The highest BCUT2D eigenvalue weighted by atomic mass is 35.5. The summed E-state index contributed by atoms with van der Waals surface area (Å²) in [5, 5.41) is 17.2. The molecule has 10 aromatic rings. The van der Waals surface area contributed by atoms with Crippen LogP contribution in [0.4, 0.5) is 5.69 Å². The third-order valence-corrected chi connectivity index (χ3v) is 18.0. The van der Waals surface area contributed by atoms with Crippen molar-refractivity contribution in [3.8, 4) is 0 Å². The number of halogens is 2. The number of rotatable bonds is 22. The summed E-state index contributed by atoms with van der Waals surface area (Å²) < 4.78 is 38.7. The average molecular weight is 1310 g/mol. The molecule has 0 fully saturated rings. The van der Waals surface area contributed by atoms with Crippen molar-refractivity contribution >= 4 is 128 Å². The predicted molar refractivity (Wildman–Crippen MR) is 374 cm³/mol. The molecule has 0 amide bonds. The van der Waals surface area contributed by atoms with Crippen LogP contribution in [0.15, 0.2) is 140 Å². The highest BCUT2D eigenvalue weighted by Crippen LogP contribution is 2.42. The van der Waals surface area contributed by atoms with E-state index in [1.54, 1.807) is 18.2 Å².